The second-order valence-electron chi connectivity index (χ2n) is 7.72. The van der Waals surface area contributed by atoms with Crippen molar-refractivity contribution in [3.63, 3.8) is 0 Å². The van der Waals surface area contributed by atoms with E-state index in [1.807, 2.05) is 0 Å². The molecule has 3 aromatic carbocycles. The number of carboxylic acid groups (broad SMARTS) is 1. The lowest BCUT2D eigenvalue weighted by Crippen LogP contribution is -2.35. The average Bonchev–Trinajstić information content (AvgIpc) is 3.30. The number of carbonyl (C=O) groups is 2. The highest BCUT2D eigenvalue weighted by Crippen LogP contribution is 2.31. The zero-order valence-electron chi connectivity index (χ0n) is 17.4. The molecule has 33 heavy (non-hydrogen) atoms. The topological polar surface area (TPSA) is 95.0 Å². The lowest BCUT2D eigenvalue weighted by atomic mass is 10.0. The van der Waals surface area contributed by atoms with Crippen LogP contribution in [0.1, 0.15) is 23.2 Å². The van der Waals surface area contributed by atoms with Gasteiger partial charge >= 0.3 is 5.97 Å². The molecular weight excluding hydrogens is 487 g/mol. The average molecular weight is 507 g/mol. The summed E-state index contributed by atoms with van der Waals surface area (Å²) in [4.78, 5) is 26.1. The van der Waals surface area contributed by atoms with Crippen molar-refractivity contribution in [3.05, 3.63) is 70.2 Å². The first-order valence-corrected chi connectivity index (χ1v) is 12.4. The Morgan fingerprint density at radius 2 is 1.64 bits per heavy atom. The van der Waals surface area contributed by atoms with E-state index in [1.54, 1.807) is 35.2 Å². The van der Waals surface area contributed by atoms with Gasteiger partial charge in [0.1, 0.15) is 6.54 Å². The molecule has 0 aliphatic carbocycles. The van der Waals surface area contributed by atoms with Crippen LogP contribution in [-0.2, 0) is 14.8 Å². The van der Waals surface area contributed by atoms with Gasteiger partial charge in [-0.15, -0.1) is 0 Å². The first-order valence-electron chi connectivity index (χ1n) is 10.2. The van der Waals surface area contributed by atoms with Gasteiger partial charge in [-0.2, -0.15) is 0 Å². The van der Waals surface area contributed by atoms with Crippen molar-refractivity contribution in [2.45, 2.75) is 17.7 Å². The summed E-state index contributed by atoms with van der Waals surface area (Å²) in [5, 5.41) is 10.9. The van der Waals surface area contributed by atoms with Crippen molar-refractivity contribution < 1.29 is 23.1 Å². The van der Waals surface area contributed by atoms with E-state index in [4.69, 9.17) is 23.2 Å². The van der Waals surface area contributed by atoms with Gasteiger partial charge in [-0.1, -0.05) is 41.4 Å². The van der Waals surface area contributed by atoms with Crippen LogP contribution in [0.3, 0.4) is 0 Å². The van der Waals surface area contributed by atoms with Crippen molar-refractivity contribution in [2.75, 3.05) is 23.9 Å². The molecule has 0 bridgehead atoms. The van der Waals surface area contributed by atoms with Gasteiger partial charge in [0.15, 0.2) is 0 Å². The SMILES string of the molecule is O=C(O)CN(c1ccc2c(C(=O)N3CCCC3)cccc2c1)S(=O)(=O)c1cc(Cl)cc(Cl)c1. The van der Waals surface area contributed by atoms with Crippen molar-refractivity contribution in [3.8, 4) is 0 Å². The monoisotopic (exact) mass is 506 g/mol. The van der Waals surface area contributed by atoms with Gasteiger partial charge in [-0.05, 0) is 60.0 Å². The second-order valence-corrected chi connectivity index (χ2v) is 10.5. The molecule has 0 spiro atoms. The molecular formula is C23H20Cl2N2O5S. The maximum atomic E-state index is 13.3. The number of hydrogen-bond acceptors (Lipinski definition) is 4. The van der Waals surface area contributed by atoms with Gasteiger partial charge < -0.3 is 10.0 Å². The molecule has 1 N–H and O–H groups in total. The third-order valence-corrected chi connectivity index (χ3v) is 7.67. The molecule has 1 saturated heterocycles. The number of sulfonamides is 1. The molecule has 3 aromatic rings. The van der Waals surface area contributed by atoms with Gasteiger partial charge in [-0.3, -0.25) is 13.9 Å². The van der Waals surface area contributed by atoms with Crippen molar-refractivity contribution in [1.82, 2.24) is 4.90 Å². The molecule has 0 saturated carbocycles. The third-order valence-electron chi connectivity index (χ3n) is 5.48. The fraction of sp³-hybridized carbons (Fsp3) is 0.217. The Bertz CT molecular complexity index is 1330. The van der Waals surface area contributed by atoms with Gasteiger partial charge in [0.05, 0.1) is 10.6 Å². The molecule has 7 nitrogen and oxygen atoms in total. The molecule has 1 amide bonds. The number of aliphatic carboxylic acids is 1. The fourth-order valence-electron chi connectivity index (χ4n) is 3.95. The standard InChI is InChI=1S/C23H20Cl2N2O5S/c24-16-11-17(25)13-19(12-16)33(31,32)27(14-22(28)29)18-6-7-20-15(10-18)4-3-5-21(20)23(30)26-8-1-2-9-26/h3-7,10-13H,1-2,8-9,14H2,(H,28,29). The first-order chi connectivity index (χ1) is 15.7. The van der Waals surface area contributed by atoms with E-state index in [9.17, 15) is 23.1 Å². The van der Waals surface area contributed by atoms with Gasteiger partial charge in [0.2, 0.25) is 0 Å². The Labute approximate surface area is 201 Å². The Kier molecular flexibility index (Phi) is 6.52. The van der Waals surface area contributed by atoms with Crippen LogP contribution >= 0.6 is 23.2 Å². The first kappa shape index (κ1) is 23.4. The summed E-state index contributed by atoms with van der Waals surface area (Å²) in [5.41, 5.74) is 0.669. The Morgan fingerprint density at radius 1 is 0.970 bits per heavy atom. The summed E-state index contributed by atoms with van der Waals surface area (Å²) in [5.74, 6) is -1.40. The van der Waals surface area contributed by atoms with E-state index in [-0.39, 0.29) is 26.5 Å². The lowest BCUT2D eigenvalue weighted by molar-refractivity contribution is -0.135. The molecule has 1 fully saturated rings. The molecule has 10 heteroatoms. The van der Waals surface area contributed by atoms with Crippen molar-refractivity contribution in [1.29, 1.82) is 0 Å². The number of halogens is 2. The summed E-state index contributed by atoms with van der Waals surface area (Å²) >= 11 is 11.9. The number of hydrogen-bond donors (Lipinski definition) is 1. The molecule has 1 heterocycles. The predicted molar refractivity (Wildman–Crippen MR) is 128 cm³/mol. The highest BCUT2D eigenvalue weighted by Gasteiger charge is 2.28. The Hall–Kier alpha value is -2.81. The van der Waals surface area contributed by atoms with E-state index >= 15 is 0 Å². The van der Waals surface area contributed by atoms with Crippen molar-refractivity contribution >= 4 is 61.6 Å². The number of fused-ring (bicyclic) bond motifs is 1. The Balaban J connectivity index is 1.80. The van der Waals surface area contributed by atoms with Crippen LogP contribution in [0.15, 0.2) is 59.5 Å². The number of anilines is 1. The number of nitrogens with zero attached hydrogens (tertiary/aromatic N) is 2. The van der Waals surface area contributed by atoms with Crippen LogP contribution in [0.5, 0.6) is 0 Å². The quantitative estimate of drug-likeness (QED) is 0.524. The second kappa shape index (κ2) is 9.21. The van der Waals surface area contributed by atoms with E-state index in [1.165, 1.54) is 24.3 Å². The minimum absolute atomic E-state index is 0.0746. The van der Waals surface area contributed by atoms with Crippen LogP contribution in [-0.4, -0.2) is 49.9 Å². The molecule has 1 aliphatic rings. The molecule has 0 atom stereocenters. The molecule has 1 aliphatic heterocycles. The van der Waals surface area contributed by atoms with E-state index in [0.29, 0.717) is 29.4 Å². The lowest BCUT2D eigenvalue weighted by Gasteiger charge is -2.24. The van der Waals surface area contributed by atoms with Gasteiger partial charge in [0.25, 0.3) is 15.9 Å². The molecule has 172 valence electrons. The largest absolute Gasteiger partial charge is 0.480 e. The van der Waals surface area contributed by atoms with Gasteiger partial charge in [0, 0.05) is 28.7 Å². The van der Waals surface area contributed by atoms with Crippen LogP contribution in [0.25, 0.3) is 10.8 Å². The van der Waals surface area contributed by atoms with Crippen LogP contribution in [0, 0.1) is 0 Å². The van der Waals surface area contributed by atoms with Gasteiger partial charge in [-0.25, -0.2) is 8.42 Å². The maximum Gasteiger partial charge on any atom is 0.324 e. The molecule has 0 radical (unpaired) electrons. The van der Waals surface area contributed by atoms with Crippen molar-refractivity contribution in [2.24, 2.45) is 0 Å². The summed E-state index contributed by atoms with van der Waals surface area (Å²) in [6.45, 7) is 0.616. The minimum atomic E-state index is -4.29. The highest BCUT2D eigenvalue weighted by atomic mass is 35.5. The highest BCUT2D eigenvalue weighted by molar-refractivity contribution is 7.92. The third kappa shape index (κ3) is 4.78. The molecule has 0 aromatic heterocycles. The Morgan fingerprint density at radius 3 is 2.27 bits per heavy atom. The minimum Gasteiger partial charge on any atom is -0.480 e. The van der Waals surface area contributed by atoms with E-state index < -0.39 is 22.5 Å². The number of carboxylic acids is 1. The normalized spacial score (nSPS) is 13.9. The zero-order valence-corrected chi connectivity index (χ0v) is 19.7. The summed E-state index contributed by atoms with van der Waals surface area (Å²) < 4.78 is 27.5. The van der Waals surface area contributed by atoms with E-state index in [2.05, 4.69) is 0 Å². The van der Waals surface area contributed by atoms with Crippen LogP contribution in [0.2, 0.25) is 10.0 Å². The number of benzene rings is 3. The van der Waals surface area contributed by atoms with Crippen LogP contribution in [0.4, 0.5) is 5.69 Å². The number of likely N-dealkylation sites (tertiary alicyclic amines) is 1. The summed E-state index contributed by atoms with van der Waals surface area (Å²) in [7, 11) is -4.29. The summed E-state index contributed by atoms with van der Waals surface area (Å²) in [6.07, 6.45) is 1.94. The molecule has 4 rings (SSSR count). The van der Waals surface area contributed by atoms with Crippen LogP contribution < -0.4 is 4.31 Å². The number of amides is 1. The van der Waals surface area contributed by atoms with E-state index in [0.717, 1.165) is 17.1 Å². The summed E-state index contributed by atoms with van der Waals surface area (Å²) in [6, 6.07) is 13.7. The smallest absolute Gasteiger partial charge is 0.324 e. The predicted octanol–water partition coefficient (Wildman–Crippen LogP) is 4.66. The number of rotatable bonds is 6. The molecule has 0 unspecified atom stereocenters. The maximum absolute atomic E-state index is 13.3. The number of carbonyl (C=O) groups excluding carboxylic acids is 1. The zero-order chi connectivity index (χ0) is 23.8. The fourth-order valence-corrected chi connectivity index (χ4v) is 6.08.